The van der Waals surface area contributed by atoms with Crippen LogP contribution in [-0.4, -0.2) is 33.3 Å². The Kier molecular flexibility index (Phi) is 5.66. The quantitative estimate of drug-likeness (QED) is 0.374. The summed E-state index contributed by atoms with van der Waals surface area (Å²) in [6.07, 6.45) is 1.54. The van der Waals surface area contributed by atoms with Gasteiger partial charge in [-0.2, -0.15) is 0 Å². The van der Waals surface area contributed by atoms with Crippen LogP contribution in [-0.2, 0) is 6.54 Å². The number of fused-ring (bicyclic) bond motifs is 1. The highest BCUT2D eigenvalue weighted by molar-refractivity contribution is 5.76. The molecule has 3 heterocycles. The molecule has 0 aliphatic rings. The topological polar surface area (TPSA) is 101 Å². The molecule has 176 valence electrons. The van der Waals surface area contributed by atoms with Gasteiger partial charge in [-0.05, 0) is 43.3 Å². The van der Waals surface area contributed by atoms with Gasteiger partial charge in [0.25, 0.3) is 5.56 Å². The van der Waals surface area contributed by atoms with Gasteiger partial charge in [0.15, 0.2) is 5.65 Å². The van der Waals surface area contributed by atoms with Crippen LogP contribution < -0.4 is 20.7 Å². The monoisotopic (exact) mass is 470 g/mol. The summed E-state index contributed by atoms with van der Waals surface area (Å²) in [5, 5.41) is 0.295. The zero-order chi connectivity index (χ0) is 24.5. The summed E-state index contributed by atoms with van der Waals surface area (Å²) in [7, 11) is 3.09. The molecule has 3 aromatic heterocycles. The van der Waals surface area contributed by atoms with Crippen molar-refractivity contribution in [1.82, 2.24) is 19.1 Å². The van der Waals surface area contributed by atoms with Crippen molar-refractivity contribution < 1.29 is 13.9 Å². The van der Waals surface area contributed by atoms with Crippen LogP contribution in [0.1, 0.15) is 11.5 Å². The summed E-state index contributed by atoms with van der Waals surface area (Å²) in [5.74, 6) is 1.92. The molecule has 5 rings (SSSR count). The number of aryl methyl sites for hydroxylation is 1. The first-order chi connectivity index (χ1) is 17.0. The first-order valence-corrected chi connectivity index (χ1v) is 10.9. The zero-order valence-corrected chi connectivity index (χ0v) is 19.4. The third-order valence-corrected chi connectivity index (χ3v) is 5.76. The number of methoxy groups -OCH3 is 2. The molecule has 2 aromatic carbocycles. The summed E-state index contributed by atoms with van der Waals surface area (Å²) < 4.78 is 19.3. The van der Waals surface area contributed by atoms with Crippen molar-refractivity contribution in [2.45, 2.75) is 13.5 Å². The first kappa shape index (κ1) is 22.1. The SMILES string of the molecule is COc1ccccc1-c1nc(Cn2c(=O)c3cccnc3n(-c3ccccc3OC)c2=O)c(C)o1. The van der Waals surface area contributed by atoms with E-state index >= 15 is 0 Å². The number of oxazole rings is 1. The van der Waals surface area contributed by atoms with E-state index in [9.17, 15) is 9.59 Å². The van der Waals surface area contributed by atoms with Crippen molar-refractivity contribution in [2.24, 2.45) is 0 Å². The Hall–Kier alpha value is -4.66. The lowest BCUT2D eigenvalue weighted by molar-refractivity contribution is 0.412. The molecule has 35 heavy (non-hydrogen) atoms. The molecule has 0 aliphatic carbocycles. The molecular weight excluding hydrogens is 448 g/mol. The van der Waals surface area contributed by atoms with E-state index in [1.54, 1.807) is 62.7 Å². The number of pyridine rings is 1. The maximum Gasteiger partial charge on any atom is 0.337 e. The van der Waals surface area contributed by atoms with Crippen molar-refractivity contribution in [3.05, 3.63) is 99.2 Å². The average molecular weight is 470 g/mol. The third-order valence-electron chi connectivity index (χ3n) is 5.76. The normalized spacial score (nSPS) is 11.1. The number of benzene rings is 2. The van der Waals surface area contributed by atoms with Crippen LogP contribution in [0.25, 0.3) is 28.2 Å². The van der Waals surface area contributed by atoms with Crippen molar-refractivity contribution in [1.29, 1.82) is 0 Å². The molecule has 0 spiro atoms. The third kappa shape index (κ3) is 3.76. The molecule has 0 N–H and O–H groups in total. The van der Waals surface area contributed by atoms with Gasteiger partial charge in [0.1, 0.15) is 23.0 Å². The summed E-state index contributed by atoms with van der Waals surface area (Å²) >= 11 is 0. The Morgan fingerprint density at radius 3 is 2.40 bits per heavy atom. The van der Waals surface area contributed by atoms with Crippen LogP contribution in [0.15, 0.2) is 80.9 Å². The lowest BCUT2D eigenvalue weighted by Crippen LogP contribution is -2.40. The van der Waals surface area contributed by atoms with E-state index in [-0.39, 0.29) is 12.2 Å². The molecule has 0 fully saturated rings. The van der Waals surface area contributed by atoms with E-state index < -0.39 is 11.2 Å². The van der Waals surface area contributed by atoms with Gasteiger partial charge in [0.05, 0.1) is 37.4 Å². The van der Waals surface area contributed by atoms with E-state index in [0.29, 0.717) is 45.5 Å². The predicted molar refractivity (Wildman–Crippen MR) is 130 cm³/mol. The molecule has 0 amide bonds. The fourth-order valence-electron chi connectivity index (χ4n) is 4.02. The van der Waals surface area contributed by atoms with Crippen LogP contribution in [0.4, 0.5) is 0 Å². The second-order valence-corrected chi connectivity index (χ2v) is 7.78. The highest BCUT2D eigenvalue weighted by Crippen LogP contribution is 2.30. The Morgan fingerprint density at radius 1 is 0.914 bits per heavy atom. The molecule has 0 saturated heterocycles. The van der Waals surface area contributed by atoms with Crippen LogP contribution in [0.5, 0.6) is 11.5 Å². The molecule has 0 aliphatic heterocycles. The van der Waals surface area contributed by atoms with Gasteiger partial charge in [-0.3, -0.25) is 9.36 Å². The lowest BCUT2D eigenvalue weighted by Gasteiger charge is -2.15. The average Bonchev–Trinajstić information content (AvgIpc) is 3.26. The van der Waals surface area contributed by atoms with Gasteiger partial charge in [-0.1, -0.05) is 24.3 Å². The summed E-state index contributed by atoms with van der Waals surface area (Å²) in [4.78, 5) is 36.0. The number of nitrogens with zero attached hydrogens (tertiary/aromatic N) is 4. The molecule has 0 unspecified atom stereocenters. The smallest absolute Gasteiger partial charge is 0.337 e. The molecule has 0 bridgehead atoms. The predicted octanol–water partition coefficient (Wildman–Crippen LogP) is 3.58. The minimum Gasteiger partial charge on any atom is -0.496 e. The molecule has 0 radical (unpaired) electrons. The number of hydrogen-bond donors (Lipinski definition) is 0. The number of para-hydroxylation sites is 3. The minimum absolute atomic E-state index is 0.0812. The van der Waals surface area contributed by atoms with Gasteiger partial charge >= 0.3 is 5.69 Å². The van der Waals surface area contributed by atoms with Gasteiger partial charge < -0.3 is 13.9 Å². The van der Waals surface area contributed by atoms with Crippen LogP contribution in [0, 0.1) is 6.92 Å². The van der Waals surface area contributed by atoms with E-state index in [1.807, 2.05) is 18.2 Å². The van der Waals surface area contributed by atoms with Crippen molar-refractivity contribution in [2.75, 3.05) is 14.2 Å². The number of ether oxygens (including phenoxy) is 2. The van der Waals surface area contributed by atoms with Gasteiger partial charge in [0, 0.05) is 6.20 Å². The van der Waals surface area contributed by atoms with Gasteiger partial charge in [-0.15, -0.1) is 0 Å². The first-order valence-electron chi connectivity index (χ1n) is 10.9. The van der Waals surface area contributed by atoms with Crippen LogP contribution in [0.3, 0.4) is 0 Å². The van der Waals surface area contributed by atoms with Crippen LogP contribution in [0.2, 0.25) is 0 Å². The largest absolute Gasteiger partial charge is 0.496 e. The van der Waals surface area contributed by atoms with E-state index in [4.69, 9.17) is 13.9 Å². The maximum atomic E-state index is 13.7. The Morgan fingerprint density at radius 2 is 1.63 bits per heavy atom. The van der Waals surface area contributed by atoms with E-state index in [2.05, 4.69) is 9.97 Å². The molecule has 0 atom stereocenters. The zero-order valence-electron chi connectivity index (χ0n) is 19.4. The van der Waals surface area contributed by atoms with E-state index in [1.165, 1.54) is 11.7 Å². The van der Waals surface area contributed by atoms with Crippen molar-refractivity contribution in [3.8, 4) is 28.6 Å². The highest BCUT2D eigenvalue weighted by atomic mass is 16.5. The molecular formula is C26H22N4O5. The number of rotatable bonds is 6. The molecule has 9 heteroatoms. The van der Waals surface area contributed by atoms with Crippen molar-refractivity contribution in [3.63, 3.8) is 0 Å². The van der Waals surface area contributed by atoms with Gasteiger partial charge in [0.2, 0.25) is 5.89 Å². The van der Waals surface area contributed by atoms with Gasteiger partial charge in [-0.25, -0.2) is 19.3 Å². The second kappa shape index (κ2) is 8.94. The van der Waals surface area contributed by atoms with Crippen LogP contribution >= 0.6 is 0 Å². The molecule has 5 aromatic rings. The Labute approximate surface area is 199 Å². The number of hydrogen-bond acceptors (Lipinski definition) is 7. The molecule has 9 nitrogen and oxygen atoms in total. The summed E-state index contributed by atoms with van der Waals surface area (Å²) in [6.45, 7) is 1.66. The Bertz CT molecular complexity index is 1660. The summed E-state index contributed by atoms with van der Waals surface area (Å²) in [6, 6.07) is 17.7. The maximum absolute atomic E-state index is 13.7. The number of aromatic nitrogens is 4. The fraction of sp³-hybridized carbons (Fsp3) is 0.154. The van der Waals surface area contributed by atoms with Crippen molar-refractivity contribution >= 4 is 11.0 Å². The minimum atomic E-state index is -0.563. The summed E-state index contributed by atoms with van der Waals surface area (Å²) in [5.41, 5.74) is 0.821. The fourth-order valence-corrected chi connectivity index (χ4v) is 4.02. The highest BCUT2D eigenvalue weighted by Gasteiger charge is 2.21. The lowest BCUT2D eigenvalue weighted by atomic mass is 10.2. The Balaban J connectivity index is 1.70. The second-order valence-electron chi connectivity index (χ2n) is 7.78. The molecule has 0 saturated carbocycles. The standard InChI is InChI=1S/C26H22N4O5/c1-16-19(28-24(35-16)17-9-4-6-12-21(17)33-2)15-29-25(31)18-10-8-14-27-23(18)30(26(29)32)20-11-5-7-13-22(20)34-3/h4-14H,15H2,1-3H3. The van der Waals surface area contributed by atoms with E-state index in [0.717, 1.165) is 4.57 Å².